The zero-order chi connectivity index (χ0) is 8.15. The molecule has 0 radical (unpaired) electrons. The van der Waals surface area contributed by atoms with Gasteiger partial charge in [-0.1, -0.05) is 0 Å². The summed E-state index contributed by atoms with van der Waals surface area (Å²) in [5.74, 6) is -1.27. The molecule has 1 atom stereocenters. The first-order valence-electron chi connectivity index (χ1n) is 2.29. The van der Waals surface area contributed by atoms with Crippen LogP contribution in [0.1, 0.15) is 0 Å². The van der Waals surface area contributed by atoms with Crippen LogP contribution in [0.2, 0.25) is 0 Å². The van der Waals surface area contributed by atoms with Crippen LogP contribution in [0.25, 0.3) is 0 Å². The third kappa shape index (κ3) is 3.98. The number of nitrogens with two attached hydrogens (primary N) is 1. The van der Waals surface area contributed by atoms with Crippen LogP contribution in [0.3, 0.4) is 0 Å². The molecule has 0 spiro atoms. The molecule has 10 heavy (non-hydrogen) atoms. The van der Waals surface area contributed by atoms with Gasteiger partial charge in [0.25, 0.3) is 0 Å². The average molecular weight is 166 g/mol. The Morgan fingerprint density at radius 2 is 2.20 bits per heavy atom. The van der Waals surface area contributed by atoms with E-state index < -0.39 is 29.1 Å². The second-order valence-corrected chi connectivity index (χ2v) is 2.17. The van der Waals surface area contributed by atoms with Crippen LogP contribution in [0, 0.1) is 0 Å². The minimum Gasteiger partial charge on any atom is -0.480 e. The predicted molar refractivity (Wildman–Crippen MR) is 31.8 cm³/mol. The Morgan fingerprint density at radius 3 is 2.50 bits per heavy atom. The Morgan fingerprint density at radius 1 is 1.70 bits per heavy atom. The van der Waals surface area contributed by atoms with Crippen molar-refractivity contribution < 1.29 is 18.3 Å². The van der Waals surface area contributed by atoms with E-state index in [0.29, 0.717) is 0 Å². The van der Waals surface area contributed by atoms with Crippen molar-refractivity contribution >= 4 is 16.5 Å². The molecule has 58 valence electrons. The number of carboxylic acid groups (broad SMARTS) is 1. The first kappa shape index (κ1) is 9.05. The van der Waals surface area contributed by atoms with Crippen molar-refractivity contribution in [1.29, 1.82) is 0 Å². The average Bonchev–Trinajstić information content (AvgIpc) is 1.82. The minimum absolute atomic E-state index is 0.411. The lowest BCUT2D eigenvalue weighted by Gasteiger charge is -1.96. The molecule has 0 amide bonds. The number of hydrogen-bond donors (Lipinski definition) is 2. The van der Waals surface area contributed by atoms with Gasteiger partial charge in [0, 0.05) is 0 Å². The molecule has 0 rings (SSSR count). The van der Waals surface area contributed by atoms with Crippen LogP contribution in [-0.4, -0.2) is 32.1 Å². The largest absolute Gasteiger partial charge is 0.480 e. The molecule has 3 N–H and O–H groups in total. The summed E-state index contributed by atoms with van der Waals surface area (Å²) in [5.41, 5.74) is 4.90. The van der Waals surface area contributed by atoms with E-state index in [1.54, 1.807) is 0 Å². The summed E-state index contributed by atoms with van der Waals surface area (Å²) in [6, 6.07) is -1.24. The molecule has 0 fully saturated rings. The van der Waals surface area contributed by atoms with Gasteiger partial charge in [-0.3, -0.25) is 4.79 Å². The second-order valence-electron chi connectivity index (χ2n) is 1.47. The van der Waals surface area contributed by atoms with E-state index in [1.807, 2.05) is 0 Å². The summed E-state index contributed by atoms with van der Waals surface area (Å²) in [6.45, 7) is -0.411. The minimum atomic E-state index is -2.57. The van der Waals surface area contributed by atoms with Gasteiger partial charge in [-0.25, -0.2) is 0 Å². The molecule has 0 aliphatic heterocycles. The zero-order valence-electron chi connectivity index (χ0n) is 4.89. The van der Waals surface area contributed by atoms with E-state index in [9.17, 15) is 13.2 Å². The van der Waals surface area contributed by atoms with Gasteiger partial charge in [0.15, 0.2) is 0 Å². The van der Waals surface area contributed by atoms with Crippen LogP contribution >= 0.6 is 0 Å². The smallest absolute Gasteiger partial charge is 0.322 e. The molecule has 0 bridgehead atoms. The van der Waals surface area contributed by atoms with E-state index in [-0.39, 0.29) is 0 Å². The summed E-state index contributed by atoms with van der Waals surface area (Å²) >= 11 is 0. The first-order valence-corrected chi connectivity index (χ1v) is 3.32. The van der Waals surface area contributed by atoms with Gasteiger partial charge >= 0.3 is 16.5 Å². The second kappa shape index (κ2) is 3.96. The lowest BCUT2D eigenvalue weighted by atomic mass is 10.3. The molecule has 0 aromatic rings. The topological polar surface area (TPSA) is 110 Å². The monoisotopic (exact) mass is 166 g/mol. The fraction of sp³-hybridized carbons (Fsp3) is 0.667. The fourth-order valence-corrected chi connectivity index (χ4v) is 0.502. The summed E-state index contributed by atoms with van der Waals surface area (Å²) in [5, 5.41) is 8.11. The van der Waals surface area contributed by atoms with Gasteiger partial charge in [-0.15, -0.1) is 0 Å². The highest BCUT2D eigenvalue weighted by Gasteiger charge is 2.09. The quantitative estimate of drug-likeness (QED) is 0.528. The maximum Gasteiger partial charge on any atom is 0.322 e. The molecule has 7 heteroatoms. The van der Waals surface area contributed by atoms with Gasteiger partial charge in [-0.05, 0) is 0 Å². The van der Waals surface area contributed by atoms with Crippen LogP contribution in [0.15, 0.2) is 4.36 Å². The SMILES string of the molecule is N[C@@H](CN=S(=O)=O)C(=O)O. The van der Waals surface area contributed by atoms with Crippen LogP contribution < -0.4 is 5.73 Å². The molecule has 0 heterocycles. The summed E-state index contributed by atoms with van der Waals surface area (Å²) in [7, 11) is -2.57. The molecule has 0 aromatic heterocycles. The maximum atomic E-state index is 9.93. The molecule has 0 saturated heterocycles. The molecule has 0 aliphatic rings. The number of carboxylic acids is 1. The van der Waals surface area contributed by atoms with Crippen LogP contribution in [0.5, 0.6) is 0 Å². The highest BCUT2D eigenvalue weighted by molar-refractivity contribution is 7.61. The van der Waals surface area contributed by atoms with E-state index in [0.717, 1.165) is 0 Å². The van der Waals surface area contributed by atoms with Gasteiger partial charge in [0.1, 0.15) is 6.04 Å². The molecule has 0 aromatic carbocycles. The number of carbonyl (C=O) groups is 1. The van der Waals surface area contributed by atoms with Gasteiger partial charge in [0.05, 0.1) is 6.54 Å². The van der Waals surface area contributed by atoms with Crippen LogP contribution in [0.4, 0.5) is 0 Å². The van der Waals surface area contributed by atoms with Crippen molar-refractivity contribution in [2.45, 2.75) is 6.04 Å². The third-order valence-electron chi connectivity index (χ3n) is 0.694. The van der Waals surface area contributed by atoms with E-state index >= 15 is 0 Å². The Hall–Kier alpha value is -0.950. The number of aliphatic carboxylic acids is 1. The van der Waals surface area contributed by atoms with Gasteiger partial charge in [-0.2, -0.15) is 12.8 Å². The predicted octanol–water partition coefficient (Wildman–Crippen LogP) is -1.54. The lowest BCUT2D eigenvalue weighted by molar-refractivity contribution is -0.138. The molecular weight excluding hydrogens is 160 g/mol. The van der Waals surface area contributed by atoms with Crippen molar-refractivity contribution in [1.82, 2.24) is 0 Å². The Kier molecular flexibility index (Phi) is 3.59. The fourth-order valence-electron chi connectivity index (χ4n) is 0.219. The van der Waals surface area contributed by atoms with Crippen molar-refractivity contribution in [3.8, 4) is 0 Å². The van der Waals surface area contributed by atoms with Crippen molar-refractivity contribution in [3.63, 3.8) is 0 Å². The highest BCUT2D eigenvalue weighted by Crippen LogP contribution is 1.78. The Balaban J connectivity index is 3.94. The van der Waals surface area contributed by atoms with Crippen molar-refractivity contribution in [2.24, 2.45) is 10.1 Å². The first-order chi connectivity index (χ1) is 4.54. The number of nitrogens with zero attached hydrogens (tertiary/aromatic N) is 1. The molecular formula is C3H6N2O4S. The van der Waals surface area contributed by atoms with Crippen LogP contribution in [-0.2, 0) is 15.3 Å². The molecule has 6 nitrogen and oxygen atoms in total. The normalized spacial score (nSPS) is 12.1. The lowest BCUT2D eigenvalue weighted by Crippen LogP contribution is -2.32. The Labute approximate surface area is 58.4 Å². The van der Waals surface area contributed by atoms with Crippen molar-refractivity contribution in [3.05, 3.63) is 0 Å². The molecule has 0 aliphatic carbocycles. The van der Waals surface area contributed by atoms with Gasteiger partial charge < -0.3 is 10.8 Å². The third-order valence-corrected chi connectivity index (χ3v) is 1.05. The van der Waals surface area contributed by atoms with E-state index in [4.69, 9.17) is 10.8 Å². The van der Waals surface area contributed by atoms with E-state index in [2.05, 4.69) is 4.36 Å². The highest BCUT2D eigenvalue weighted by atomic mass is 32.2. The van der Waals surface area contributed by atoms with Crippen molar-refractivity contribution in [2.75, 3.05) is 6.54 Å². The number of hydrogen-bond acceptors (Lipinski definition) is 5. The Bertz CT molecular complexity index is 235. The molecule has 0 saturated carbocycles. The summed E-state index contributed by atoms with van der Waals surface area (Å²) in [6.07, 6.45) is 0. The summed E-state index contributed by atoms with van der Waals surface area (Å²) in [4.78, 5) is 9.93. The van der Waals surface area contributed by atoms with Gasteiger partial charge in [0.2, 0.25) is 0 Å². The molecule has 0 unspecified atom stereocenters. The maximum absolute atomic E-state index is 9.93. The van der Waals surface area contributed by atoms with E-state index in [1.165, 1.54) is 0 Å². The summed E-state index contributed by atoms with van der Waals surface area (Å²) < 4.78 is 22.3. The number of rotatable bonds is 3. The zero-order valence-corrected chi connectivity index (χ0v) is 5.71. The standard InChI is InChI=1S/C3H6N2O4S/c4-2(3(6)7)1-5-10(8)9/h2H,1,4H2,(H,6,7)/t2-/m0/s1.